The fraction of sp³-hybridized carbons (Fsp3) is 0.333. The van der Waals surface area contributed by atoms with E-state index in [0.29, 0.717) is 25.6 Å². The molecule has 0 bridgehead atoms. The molecule has 1 aromatic heterocycles. The maximum absolute atomic E-state index is 11.1. The highest BCUT2D eigenvalue weighted by Gasteiger charge is 2.24. The van der Waals surface area contributed by atoms with Gasteiger partial charge in [0.1, 0.15) is 0 Å². The summed E-state index contributed by atoms with van der Waals surface area (Å²) >= 11 is 0. The lowest BCUT2D eigenvalue weighted by Crippen LogP contribution is -2.42. The highest BCUT2D eigenvalue weighted by atomic mass is 16.4. The second-order valence-corrected chi connectivity index (χ2v) is 7.15. The van der Waals surface area contributed by atoms with Crippen LogP contribution in [0.3, 0.4) is 0 Å². The zero-order valence-corrected chi connectivity index (χ0v) is 15.5. The average Bonchev–Trinajstić information content (AvgIpc) is 3.06. The van der Waals surface area contributed by atoms with E-state index in [1.807, 2.05) is 59.2 Å². The maximum atomic E-state index is 11.1. The molecule has 1 unspecified atom stereocenters. The van der Waals surface area contributed by atoms with Crippen LogP contribution in [0.2, 0.25) is 0 Å². The molecule has 1 aliphatic rings. The van der Waals surface area contributed by atoms with Gasteiger partial charge in [-0.05, 0) is 30.5 Å². The van der Waals surface area contributed by atoms with Gasteiger partial charge in [0.05, 0.1) is 23.7 Å². The zero-order chi connectivity index (χ0) is 19.5. The summed E-state index contributed by atoms with van der Waals surface area (Å²) in [6.07, 6.45) is -0.0436. The number of carboxylic acid groups (broad SMARTS) is 1. The minimum absolute atomic E-state index is 0.153. The van der Waals surface area contributed by atoms with Crippen LogP contribution >= 0.6 is 0 Å². The number of para-hydroxylation sites is 2. The first-order valence-electron chi connectivity index (χ1n) is 9.54. The molecule has 3 N–H and O–H groups in total. The number of piperidine rings is 1. The molecule has 7 heteroatoms. The third-order valence-electron chi connectivity index (χ3n) is 5.29. The number of nitrogens with zero attached hydrogens (tertiary/aromatic N) is 3. The Labute approximate surface area is 163 Å². The molecule has 2 aromatic carbocycles. The molecule has 1 saturated heterocycles. The van der Waals surface area contributed by atoms with Crippen LogP contribution in [0.4, 0.5) is 10.7 Å². The lowest BCUT2D eigenvalue weighted by Gasteiger charge is -2.31. The Balaban J connectivity index is 1.56. The predicted octanol–water partition coefficient (Wildman–Crippen LogP) is 3.32. The molecule has 1 fully saturated rings. The monoisotopic (exact) mass is 380 g/mol. The maximum Gasteiger partial charge on any atom is 0.407 e. The first-order valence-corrected chi connectivity index (χ1v) is 9.54. The van der Waals surface area contributed by atoms with Crippen molar-refractivity contribution >= 4 is 23.1 Å². The van der Waals surface area contributed by atoms with Crippen molar-refractivity contribution in [3.05, 3.63) is 60.2 Å². The molecule has 0 radical (unpaired) electrons. The fourth-order valence-electron chi connectivity index (χ4n) is 3.72. The normalized spacial score (nSPS) is 16.2. The van der Waals surface area contributed by atoms with Gasteiger partial charge in [-0.15, -0.1) is 0 Å². The van der Waals surface area contributed by atoms with Crippen LogP contribution in [0.5, 0.6) is 0 Å². The van der Waals surface area contributed by atoms with Crippen LogP contribution in [0.15, 0.2) is 54.6 Å². The van der Waals surface area contributed by atoms with Gasteiger partial charge in [-0.25, -0.2) is 9.78 Å². The minimum Gasteiger partial charge on any atom is -0.465 e. The van der Waals surface area contributed by atoms with E-state index in [1.165, 1.54) is 4.90 Å². The molecule has 0 saturated carbocycles. The molecule has 1 aliphatic heterocycles. The Morgan fingerprint density at radius 1 is 1.11 bits per heavy atom. The first-order chi connectivity index (χ1) is 13.6. The van der Waals surface area contributed by atoms with E-state index in [1.54, 1.807) is 0 Å². The van der Waals surface area contributed by atoms with E-state index in [-0.39, 0.29) is 6.04 Å². The van der Waals surface area contributed by atoms with Crippen molar-refractivity contribution in [2.24, 2.45) is 0 Å². The molecule has 2 heterocycles. The number of benzene rings is 2. The van der Waals surface area contributed by atoms with E-state index < -0.39 is 12.2 Å². The molecule has 4 rings (SSSR count). The van der Waals surface area contributed by atoms with Crippen molar-refractivity contribution in [1.82, 2.24) is 14.5 Å². The second-order valence-electron chi connectivity index (χ2n) is 7.15. The number of hydrogen-bond donors (Lipinski definition) is 3. The topological polar surface area (TPSA) is 90.6 Å². The Kier molecular flexibility index (Phi) is 5.16. The highest BCUT2D eigenvalue weighted by molar-refractivity contribution is 5.78. The van der Waals surface area contributed by atoms with Crippen molar-refractivity contribution in [2.45, 2.75) is 31.5 Å². The summed E-state index contributed by atoms with van der Waals surface area (Å²) < 4.78 is 2.01. The minimum atomic E-state index is -0.864. The van der Waals surface area contributed by atoms with E-state index in [2.05, 4.69) is 5.32 Å². The third kappa shape index (κ3) is 3.80. The van der Waals surface area contributed by atoms with Crippen LogP contribution in [-0.4, -0.2) is 49.9 Å². The van der Waals surface area contributed by atoms with Gasteiger partial charge >= 0.3 is 6.09 Å². The van der Waals surface area contributed by atoms with Gasteiger partial charge in [-0.3, -0.25) is 0 Å². The molecule has 1 atom stereocenters. The van der Waals surface area contributed by atoms with Crippen LogP contribution in [0.25, 0.3) is 11.0 Å². The number of rotatable bonds is 5. The van der Waals surface area contributed by atoms with Crippen molar-refractivity contribution in [3.8, 4) is 0 Å². The molecule has 0 spiro atoms. The van der Waals surface area contributed by atoms with E-state index in [0.717, 1.165) is 29.4 Å². The van der Waals surface area contributed by atoms with Gasteiger partial charge in [0.25, 0.3) is 0 Å². The summed E-state index contributed by atoms with van der Waals surface area (Å²) in [4.78, 5) is 17.3. The van der Waals surface area contributed by atoms with E-state index in [4.69, 9.17) is 10.1 Å². The number of hydrogen-bond acceptors (Lipinski definition) is 4. The standard InChI is InChI=1S/C21H24N4O3/c26-19(15-6-2-1-3-7-15)14-25-18-9-5-4-8-17(18)23-20(25)22-16-10-12-24(13-11-16)21(27)28/h1-9,16,19,26H,10-14H2,(H,22,23)(H,27,28). The van der Waals surface area contributed by atoms with Crippen LogP contribution < -0.4 is 5.32 Å². The molecular weight excluding hydrogens is 356 g/mol. The zero-order valence-electron chi connectivity index (χ0n) is 15.5. The van der Waals surface area contributed by atoms with Gasteiger partial charge in [0, 0.05) is 19.1 Å². The van der Waals surface area contributed by atoms with Gasteiger partial charge < -0.3 is 25.0 Å². The largest absolute Gasteiger partial charge is 0.465 e. The third-order valence-corrected chi connectivity index (χ3v) is 5.29. The van der Waals surface area contributed by atoms with Crippen LogP contribution in [0.1, 0.15) is 24.5 Å². The van der Waals surface area contributed by atoms with Gasteiger partial charge in [0.15, 0.2) is 0 Å². The summed E-state index contributed by atoms with van der Waals surface area (Å²) in [6, 6.07) is 17.6. The van der Waals surface area contributed by atoms with Crippen molar-refractivity contribution in [3.63, 3.8) is 0 Å². The summed E-state index contributed by atoms with van der Waals surface area (Å²) in [5.74, 6) is 0.713. The molecular formula is C21H24N4O3. The van der Waals surface area contributed by atoms with Crippen LogP contribution in [0, 0.1) is 0 Å². The highest BCUT2D eigenvalue weighted by Crippen LogP contribution is 2.25. The van der Waals surface area contributed by atoms with Crippen LogP contribution in [-0.2, 0) is 6.54 Å². The Morgan fingerprint density at radius 3 is 2.50 bits per heavy atom. The summed E-state index contributed by atoms with van der Waals surface area (Å²) in [7, 11) is 0. The van der Waals surface area contributed by atoms with Gasteiger partial charge in [-0.1, -0.05) is 42.5 Å². The number of aliphatic hydroxyl groups excluding tert-OH is 1. The number of likely N-dealkylation sites (tertiary alicyclic amines) is 1. The van der Waals surface area contributed by atoms with Crippen molar-refractivity contribution < 1.29 is 15.0 Å². The number of fused-ring (bicyclic) bond motifs is 1. The summed E-state index contributed by atoms with van der Waals surface area (Å²) in [5, 5.41) is 23.3. The molecule has 0 aliphatic carbocycles. The Morgan fingerprint density at radius 2 is 1.79 bits per heavy atom. The second kappa shape index (κ2) is 7.90. The number of amides is 1. The predicted molar refractivity (Wildman–Crippen MR) is 107 cm³/mol. The summed E-state index contributed by atoms with van der Waals surface area (Å²) in [6.45, 7) is 1.42. The number of nitrogens with one attached hydrogen (secondary N) is 1. The lowest BCUT2D eigenvalue weighted by molar-refractivity contribution is 0.133. The molecule has 146 valence electrons. The van der Waals surface area contributed by atoms with E-state index in [9.17, 15) is 9.90 Å². The van der Waals surface area contributed by atoms with Crippen molar-refractivity contribution in [1.29, 1.82) is 0 Å². The van der Waals surface area contributed by atoms with E-state index >= 15 is 0 Å². The SMILES string of the molecule is O=C(O)N1CCC(Nc2nc3ccccc3n2CC(O)c2ccccc2)CC1. The Hall–Kier alpha value is -3.06. The first kappa shape index (κ1) is 18.3. The smallest absolute Gasteiger partial charge is 0.407 e. The molecule has 7 nitrogen and oxygen atoms in total. The van der Waals surface area contributed by atoms with Gasteiger partial charge in [0.2, 0.25) is 5.95 Å². The van der Waals surface area contributed by atoms with Gasteiger partial charge in [-0.2, -0.15) is 0 Å². The summed E-state index contributed by atoms with van der Waals surface area (Å²) in [5.41, 5.74) is 2.69. The number of imidazole rings is 1. The average molecular weight is 380 g/mol. The molecule has 3 aromatic rings. The number of aromatic nitrogens is 2. The number of carbonyl (C=O) groups is 1. The van der Waals surface area contributed by atoms with Crippen molar-refractivity contribution in [2.75, 3.05) is 18.4 Å². The lowest BCUT2D eigenvalue weighted by atomic mass is 10.1. The Bertz CT molecular complexity index is 949. The molecule has 28 heavy (non-hydrogen) atoms. The fourth-order valence-corrected chi connectivity index (χ4v) is 3.72. The quantitative estimate of drug-likeness (QED) is 0.632. The molecule has 1 amide bonds. The number of anilines is 1. The number of aliphatic hydroxyl groups is 1.